The minimum Gasteiger partial charge on any atom is -0.456 e. The Labute approximate surface area is 190 Å². The van der Waals surface area contributed by atoms with Crippen LogP contribution in [-0.4, -0.2) is 49.1 Å². The van der Waals surface area contributed by atoms with Crippen LogP contribution in [0, 0.1) is 13.8 Å². The normalized spacial score (nSPS) is 12.3. The van der Waals surface area contributed by atoms with E-state index in [4.69, 9.17) is 9.47 Å². The van der Waals surface area contributed by atoms with E-state index in [1.54, 1.807) is 25.3 Å². The first kappa shape index (κ1) is 25.3. The lowest BCUT2D eigenvalue weighted by Crippen LogP contribution is -2.31. The number of amides is 1. The molecule has 0 aliphatic rings. The van der Waals surface area contributed by atoms with Gasteiger partial charge >= 0.3 is 5.97 Å². The third-order valence-corrected chi connectivity index (χ3v) is 5.40. The Morgan fingerprint density at radius 2 is 1.72 bits per heavy atom. The molecule has 1 N–H and O–H groups in total. The number of benzene rings is 1. The fourth-order valence-corrected chi connectivity index (χ4v) is 3.70. The lowest BCUT2D eigenvalue weighted by Gasteiger charge is -2.19. The number of rotatable bonds is 9. The number of carbonyl (C=O) groups is 3. The highest BCUT2D eigenvalue weighted by Gasteiger charge is 2.20. The van der Waals surface area contributed by atoms with Crippen molar-refractivity contribution in [2.45, 2.75) is 53.0 Å². The molecule has 0 radical (unpaired) electrons. The summed E-state index contributed by atoms with van der Waals surface area (Å²) in [5, 5.41) is 2.53. The molecule has 1 heterocycles. The molecule has 2 rings (SSSR count). The molecule has 0 aliphatic heterocycles. The molecule has 7 nitrogen and oxygen atoms in total. The van der Waals surface area contributed by atoms with Crippen LogP contribution in [-0.2, 0) is 19.7 Å². The molecule has 0 bridgehead atoms. The Morgan fingerprint density at radius 1 is 1.09 bits per heavy atom. The second-order valence-electron chi connectivity index (χ2n) is 9.05. The molecule has 1 amide bonds. The quantitative estimate of drug-likeness (QED) is 0.472. The number of methoxy groups -OCH3 is 1. The summed E-state index contributed by atoms with van der Waals surface area (Å²) in [6.07, 6.45) is 0. The average Bonchev–Trinajstić information content (AvgIpc) is 3.03. The summed E-state index contributed by atoms with van der Waals surface area (Å²) in [5.41, 5.74) is 3.82. The SMILES string of the molecule is COCC(C)n1c(C)cc(C(=O)COC(=O)CNC(=O)c2ccc(C(C)(C)C)cc2)c1C. The summed E-state index contributed by atoms with van der Waals surface area (Å²) >= 11 is 0. The number of ether oxygens (including phenoxy) is 2. The lowest BCUT2D eigenvalue weighted by molar-refractivity contribution is -0.141. The highest BCUT2D eigenvalue weighted by Crippen LogP contribution is 2.22. The molecule has 174 valence electrons. The van der Waals surface area contributed by atoms with Crippen molar-refractivity contribution in [3.05, 3.63) is 58.4 Å². The molecule has 1 atom stereocenters. The molecule has 0 saturated carbocycles. The molecule has 1 aromatic heterocycles. The number of aromatic nitrogens is 1. The van der Waals surface area contributed by atoms with E-state index in [0.29, 0.717) is 17.7 Å². The second kappa shape index (κ2) is 10.6. The van der Waals surface area contributed by atoms with E-state index < -0.39 is 5.97 Å². The highest BCUT2D eigenvalue weighted by molar-refractivity contribution is 6.00. The zero-order valence-corrected chi connectivity index (χ0v) is 20.1. The molecule has 0 aliphatic carbocycles. The monoisotopic (exact) mass is 442 g/mol. The topological polar surface area (TPSA) is 86.6 Å². The highest BCUT2D eigenvalue weighted by atomic mass is 16.5. The summed E-state index contributed by atoms with van der Waals surface area (Å²) in [6, 6.07) is 9.12. The minimum atomic E-state index is -0.667. The van der Waals surface area contributed by atoms with Gasteiger partial charge in [0.25, 0.3) is 5.91 Å². The smallest absolute Gasteiger partial charge is 0.325 e. The summed E-state index contributed by atoms with van der Waals surface area (Å²) in [5.74, 6) is -1.32. The van der Waals surface area contributed by atoms with Crippen LogP contribution in [0.15, 0.2) is 30.3 Å². The van der Waals surface area contributed by atoms with Gasteiger partial charge in [-0.05, 0) is 49.9 Å². The van der Waals surface area contributed by atoms with Crippen LogP contribution >= 0.6 is 0 Å². The van der Waals surface area contributed by atoms with Gasteiger partial charge in [0.15, 0.2) is 6.61 Å². The number of ketones is 1. The Kier molecular flexibility index (Phi) is 8.38. The molecule has 0 spiro atoms. The Morgan fingerprint density at radius 3 is 2.28 bits per heavy atom. The van der Waals surface area contributed by atoms with E-state index in [-0.39, 0.29) is 36.3 Å². The summed E-state index contributed by atoms with van der Waals surface area (Å²) in [7, 11) is 1.63. The first-order valence-corrected chi connectivity index (χ1v) is 10.7. The van der Waals surface area contributed by atoms with Crippen molar-refractivity contribution in [2.24, 2.45) is 0 Å². The van der Waals surface area contributed by atoms with E-state index in [2.05, 4.69) is 26.1 Å². The molecule has 7 heteroatoms. The van der Waals surface area contributed by atoms with Gasteiger partial charge in [-0.3, -0.25) is 14.4 Å². The van der Waals surface area contributed by atoms with Crippen molar-refractivity contribution in [2.75, 3.05) is 26.9 Å². The van der Waals surface area contributed by atoms with E-state index in [0.717, 1.165) is 17.0 Å². The van der Waals surface area contributed by atoms with Gasteiger partial charge in [-0.2, -0.15) is 0 Å². The van der Waals surface area contributed by atoms with Gasteiger partial charge in [0, 0.05) is 29.6 Å². The first-order valence-electron chi connectivity index (χ1n) is 10.7. The summed E-state index contributed by atoms with van der Waals surface area (Å²) in [6.45, 7) is 11.9. The predicted octanol–water partition coefficient (Wildman–Crippen LogP) is 3.77. The number of esters is 1. The van der Waals surface area contributed by atoms with Crippen LogP contribution in [0.25, 0.3) is 0 Å². The van der Waals surface area contributed by atoms with Gasteiger partial charge < -0.3 is 19.4 Å². The standard InChI is InChI=1S/C25H34N2O5/c1-16-12-21(18(3)27(16)17(2)14-31-7)22(28)15-32-23(29)13-26-24(30)19-8-10-20(11-9-19)25(4,5)6/h8-12,17H,13-15H2,1-7H3,(H,26,30). The van der Waals surface area contributed by atoms with Crippen LogP contribution < -0.4 is 5.32 Å². The van der Waals surface area contributed by atoms with Gasteiger partial charge in [-0.15, -0.1) is 0 Å². The maximum Gasteiger partial charge on any atom is 0.325 e. The van der Waals surface area contributed by atoms with Gasteiger partial charge in [0.05, 0.1) is 12.6 Å². The largest absolute Gasteiger partial charge is 0.456 e. The maximum atomic E-state index is 12.6. The van der Waals surface area contributed by atoms with Gasteiger partial charge in [-0.1, -0.05) is 32.9 Å². The van der Waals surface area contributed by atoms with Crippen LogP contribution in [0.4, 0.5) is 0 Å². The van der Waals surface area contributed by atoms with Crippen LogP contribution in [0.3, 0.4) is 0 Å². The Hall–Kier alpha value is -2.93. The Balaban J connectivity index is 1.88. The third kappa shape index (κ3) is 6.29. The number of hydrogen-bond donors (Lipinski definition) is 1. The van der Waals surface area contributed by atoms with Crippen molar-refractivity contribution < 1.29 is 23.9 Å². The second-order valence-corrected chi connectivity index (χ2v) is 9.05. The fraction of sp³-hybridized carbons (Fsp3) is 0.480. The van der Waals surface area contributed by atoms with E-state index in [9.17, 15) is 14.4 Å². The number of carbonyl (C=O) groups excluding carboxylic acids is 3. The summed E-state index contributed by atoms with van der Waals surface area (Å²) < 4.78 is 12.3. The maximum absolute atomic E-state index is 12.6. The Bertz CT molecular complexity index is 967. The number of nitrogens with one attached hydrogen (secondary N) is 1. The van der Waals surface area contributed by atoms with Crippen molar-refractivity contribution in [3.63, 3.8) is 0 Å². The number of Topliss-reactive ketones (excluding diaryl/α,β-unsaturated/α-hetero) is 1. The van der Waals surface area contributed by atoms with Crippen molar-refractivity contribution in [1.82, 2.24) is 9.88 Å². The minimum absolute atomic E-state index is 0.00889. The van der Waals surface area contributed by atoms with Crippen molar-refractivity contribution in [3.8, 4) is 0 Å². The van der Waals surface area contributed by atoms with Crippen molar-refractivity contribution in [1.29, 1.82) is 0 Å². The average molecular weight is 443 g/mol. The van der Waals surface area contributed by atoms with Crippen LogP contribution in [0.5, 0.6) is 0 Å². The summed E-state index contributed by atoms with van der Waals surface area (Å²) in [4.78, 5) is 36.9. The van der Waals surface area contributed by atoms with Crippen LogP contribution in [0.1, 0.15) is 71.4 Å². The molecule has 2 aromatic rings. The first-order chi connectivity index (χ1) is 15.0. The molecule has 0 saturated heterocycles. The molecule has 32 heavy (non-hydrogen) atoms. The molecular formula is C25H34N2O5. The third-order valence-electron chi connectivity index (χ3n) is 5.40. The van der Waals surface area contributed by atoms with E-state index >= 15 is 0 Å². The van der Waals surface area contributed by atoms with Crippen molar-refractivity contribution >= 4 is 17.7 Å². The number of aryl methyl sites for hydroxylation is 1. The van der Waals surface area contributed by atoms with Gasteiger partial charge in [0.1, 0.15) is 6.54 Å². The molecule has 0 fully saturated rings. The number of nitrogens with zero attached hydrogens (tertiary/aromatic N) is 1. The van der Waals surface area contributed by atoms with Gasteiger partial charge in [0.2, 0.25) is 5.78 Å². The fourth-order valence-electron chi connectivity index (χ4n) is 3.70. The van der Waals surface area contributed by atoms with Gasteiger partial charge in [-0.25, -0.2) is 0 Å². The molecule has 1 unspecified atom stereocenters. The number of hydrogen-bond acceptors (Lipinski definition) is 5. The predicted molar refractivity (Wildman–Crippen MR) is 123 cm³/mol. The van der Waals surface area contributed by atoms with E-state index in [1.165, 1.54) is 0 Å². The lowest BCUT2D eigenvalue weighted by atomic mass is 9.87. The zero-order chi connectivity index (χ0) is 24.1. The zero-order valence-electron chi connectivity index (χ0n) is 20.1. The van der Waals surface area contributed by atoms with E-state index in [1.807, 2.05) is 37.5 Å². The molecular weight excluding hydrogens is 408 g/mol. The van der Waals surface area contributed by atoms with Crippen LogP contribution in [0.2, 0.25) is 0 Å². The molecule has 1 aromatic carbocycles.